The van der Waals surface area contributed by atoms with E-state index in [2.05, 4.69) is 4.98 Å². The Kier molecular flexibility index (Phi) is 2.68. The molecular formula is C15H11NOS. The van der Waals surface area contributed by atoms with Crippen LogP contribution in [0, 0.1) is 6.92 Å². The largest absolute Gasteiger partial charge is 0.286 e. The van der Waals surface area contributed by atoms with Crippen LogP contribution in [0.15, 0.2) is 48.5 Å². The maximum absolute atomic E-state index is 12.3. The first-order chi connectivity index (χ1) is 8.74. The molecule has 2 aromatic carbocycles. The summed E-state index contributed by atoms with van der Waals surface area (Å²) in [7, 11) is 0. The molecule has 88 valence electrons. The lowest BCUT2D eigenvalue weighted by molar-refractivity contribution is 0.103. The topological polar surface area (TPSA) is 30.0 Å². The van der Waals surface area contributed by atoms with E-state index in [1.54, 1.807) is 0 Å². The highest BCUT2D eigenvalue weighted by Gasteiger charge is 2.14. The van der Waals surface area contributed by atoms with Gasteiger partial charge in [-0.1, -0.05) is 35.9 Å². The Morgan fingerprint density at radius 3 is 2.72 bits per heavy atom. The second-order valence-electron chi connectivity index (χ2n) is 4.19. The molecule has 0 unspecified atom stereocenters. The summed E-state index contributed by atoms with van der Waals surface area (Å²) >= 11 is 1.45. The van der Waals surface area contributed by atoms with Crippen LogP contribution in [-0.2, 0) is 0 Å². The fourth-order valence-corrected chi connectivity index (χ4v) is 2.81. The van der Waals surface area contributed by atoms with Crippen molar-refractivity contribution in [3.8, 4) is 0 Å². The minimum absolute atomic E-state index is 0.0000926. The molecule has 3 heteroatoms. The Bertz CT molecular complexity index is 697. The summed E-state index contributed by atoms with van der Waals surface area (Å²) in [5, 5.41) is 0.557. The lowest BCUT2D eigenvalue weighted by Gasteiger charge is -1.98. The number of aryl methyl sites for hydroxylation is 1. The van der Waals surface area contributed by atoms with Gasteiger partial charge in [-0.05, 0) is 25.1 Å². The fourth-order valence-electron chi connectivity index (χ4n) is 1.88. The number of carbonyl (C=O) groups is 1. The van der Waals surface area contributed by atoms with Gasteiger partial charge in [-0.2, -0.15) is 0 Å². The van der Waals surface area contributed by atoms with Gasteiger partial charge in [0.2, 0.25) is 5.78 Å². The van der Waals surface area contributed by atoms with Crippen LogP contribution < -0.4 is 0 Å². The van der Waals surface area contributed by atoms with Gasteiger partial charge in [0.15, 0.2) is 5.01 Å². The number of nitrogens with zero attached hydrogens (tertiary/aromatic N) is 1. The smallest absolute Gasteiger partial charge is 0.221 e. The molecule has 2 nitrogen and oxygen atoms in total. The molecule has 3 aromatic rings. The van der Waals surface area contributed by atoms with E-state index in [0.717, 1.165) is 15.8 Å². The van der Waals surface area contributed by atoms with Gasteiger partial charge in [-0.3, -0.25) is 4.79 Å². The number of rotatable bonds is 2. The lowest BCUT2D eigenvalue weighted by Crippen LogP contribution is -2.00. The molecule has 0 bridgehead atoms. The highest BCUT2D eigenvalue weighted by atomic mass is 32.1. The van der Waals surface area contributed by atoms with Gasteiger partial charge in [0.25, 0.3) is 0 Å². The predicted octanol–water partition coefficient (Wildman–Crippen LogP) is 3.84. The monoisotopic (exact) mass is 253 g/mol. The second kappa shape index (κ2) is 4.35. The number of hydrogen-bond acceptors (Lipinski definition) is 3. The van der Waals surface area contributed by atoms with Gasteiger partial charge in [0.1, 0.15) is 0 Å². The van der Waals surface area contributed by atoms with Crippen LogP contribution in [0.1, 0.15) is 20.9 Å². The van der Waals surface area contributed by atoms with E-state index in [4.69, 9.17) is 0 Å². The molecule has 0 atom stereocenters. The Morgan fingerprint density at radius 2 is 1.94 bits per heavy atom. The van der Waals surface area contributed by atoms with Crippen molar-refractivity contribution < 1.29 is 4.79 Å². The SMILES string of the molecule is Cc1cccc(C(=O)c2nc3ccccc3s2)c1. The van der Waals surface area contributed by atoms with Crippen molar-refractivity contribution in [2.75, 3.05) is 0 Å². The van der Waals surface area contributed by atoms with Crippen molar-refractivity contribution in [3.05, 3.63) is 64.7 Å². The first kappa shape index (κ1) is 11.1. The molecule has 1 heterocycles. The van der Waals surface area contributed by atoms with Crippen LogP contribution in [0.5, 0.6) is 0 Å². The van der Waals surface area contributed by atoms with E-state index in [1.165, 1.54) is 11.3 Å². The van der Waals surface area contributed by atoms with Crippen LogP contribution >= 0.6 is 11.3 Å². The Morgan fingerprint density at radius 1 is 1.11 bits per heavy atom. The molecule has 0 saturated carbocycles. The quantitative estimate of drug-likeness (QED) is 0.649. The summed E-state index contributed by atoms with van der Waals surface area (Å²) in [5.74, 6) is -0.0000926. The average molecular weight is 253 g/mol. The van der Waals surface area contributed by atoms with Crippen LogP contribution in [0.4, 0.5) is 0 Å². The molecule has 0 aliphatic heterocycles. The fraction of sp³-hybridized carbons (Fsp3) is 0.0667. The van der Waals surface area contributed by atoms with Gasteiger partial charge < -0.3 is 0 Å². The maximum atomic E-state index is 12.3. The molecular weight excluding hydrogens is 242 g/mol. The molecule has 0 radical (unpaired) electrons. The minimum atomic E-state index is -0.0000926. The molecule has 1 aromatic heterocycles. The molecule has 0 saturated heterocycles. The molecule has 0 aliphatic rings. The van der Waals surface area contributed by atoms with Gasteiger partial charge in [-0.25, -0.2) is 4.98 Å². The molecule has 0 fully saturated rings. The summed E-state index contributed by atoms with van der Waals surface area (Å²) in [6.45, 7) is 1.98. The summed E-state index contributed by atoms with van der Waals surface area (Å²) < 4.78 is 1.05. The zero-order chi connectivity index (χ0) is 12.5. The summed E-state index contributed by atoms with van der Waals surface area (Å²) in [6, 6.07) is 15.4. The minimum Gasteiger partial charge on any atom is -0.286 e. The summed E-state index contributed by atoms with van der Waals surface area (Å²) in [4.78, 5) is 16.7. The molecule has 0 N–H and O–H groups in total. The van der Waals surface area contributed by atoms with Crippen molar-refractivity contribution in [3.63, 3.8) is 0 Å². The Balaban J connectivity index is 2.06. The molecule has 0 aliphatic carbocycles. The third kappa shape index (κ3) is 1.93. The number of aromatic nitrogens is 1. The normalized spacial score (nSPS) is 10.7. The van der Waals surface area contributed by atoms with E-state index in [1.807, 2.05) is 55.5 Å². The molecule has 18 heavy (non-hydrogen) atoms. The van der Waals surface area contributed by atoms with E-state index in [0.29, 0.717) is 10.6 Å². The third-order valence-electron chi connectivity index (χ3n) is 2.77. The van der Waals surface area contributed by atoms with Crippen LogP contribution in [-0.4, -0.2) is 10.8 Å². The summed E-state index contributed by atoms with van der Waals surface area (Å²) in [6.07, 6.45) is 0. The van der Waals surface area contributed by atoms with Crippen molar-refractivity contribution in [2.45, 2.75) is 6.92 Å². The van der Waals surface area contributed by atoms with Crippen LogP contribution in [0.2, 0.25) is 0 Å². The van der Waals surface area contributed by atoms with E-state index >= 15 is 0 Å². The highest BCUT2D eigenvalue weighted by Crippen LogP contribution is 2.23. The maximum Gasteiger partial charge on any atom is 0.221 e. The number of fused-ring (bicyclic) bond motifs is 1. The standard InChI is InChI=1S/C15H11NOS/c1-10-5-4-6-11(9-10)14(17)15-16-12-7-2-3-8-13(12)18-15/h2-9H,1H3. The zero-order valence-corrected chi connectivity index (χ0v) is 10.7. The van der Waals surface area contributed by atoms with Crippen molar-refractivity contribution in [1.82, 2.24) is 4.98 Å². The first-order valence-electron chi connectivity index (χ1n) is 5.71. The van der Waals surface area contributed by atoms with Gasteiger partial charge >= 0.3 is 0 Å². The first-order valence-corrected chi connectivity index (χ1v) is 6.52. The van der Waals surface area contributed by atoms with Gasteiger partial charge in [-0.15, -0.1) is 11.3 Å². The summed E-state index contributed by atoms with van der Waals surface area (Å²) in [5.41, 5.74) is 2.68. The predicted molar refractivity (Wildman–Crippen MR) is 74.2 cm³/mol. The number of thiazole rings is 1. The lowest BCUT2D eigenvalue weighted by atomic mass is 10.1. The van der Waals surface area contributed by atoms with Crippen molar-refractivity contribution in [2.24, 2.45) is 0 Å². The zero-order valence-electron chi connectivity index (χ0n) is 9.88. The Hall–Kier alpha value is -2.00. The number of ketones is 1. The van der Waals surface area contributed by atoms with Crippen LogP contribution in [0.3, 0.4) is 0 Å². The highest BCUT2D eigenvalue weighted by molar-refractivity contribution is 7.20. The second-order valence-corrected chi connectivity index (χ2v) is 5.22. The van der Waals surface area contributed by atoms with Crippen molar-refractivity contribution in [1.29, 1.82) is 0 Å². The molecule has 3 rings (SSSR count). The van der Waals surface area contributed by atoms with E-state index in [-0.39, 0.29) is 5.78 Å². The van der Waals surface area contributed by atoms with Crippen molar-refractivity contribution >= 4 is 27.3 Å². The van der Waals surface area contributed by atoms with Gasteiger partial charge in [0, 0.05) is 5.56 Å². The van der Waals surface area contributed by atoms with E-state index < -0.39 is 0 Å². The molecule has 0 amide bonds. The average Bonchev–Trinajstić information content (AvgIpc) is 2.81. The van der Waals surface area contributed by atoms with Gasteiger partial charge in [0.05, 0.1) is 10.2 Å². The molecule has 0 spiro atoms. The number of benzene rings is 2. The third-order valence-corrected chi connectivity index (χ3v) is 3.80. The number of carbonyl (C=O) groups excluding carboxylic acids is 1. The van der Waals surface area contributed by atoms with E-state index in [9.17, 15) is 4.79 Å². The van der Waals surface area contributed by atoms with Crippen LogP contribution in [0.25, 0.3) is 10.2 Å². The number of hydrogen-bond donors (Lipinski definition) is 0. The Labute approximate surface area is 109 Å². The number of para-hydroxylation sites is 1.